The van der Waals surface area contributed by atoms with E-state index in [1.54, 1.807) is 45.1 Å². The number of thiocarbonyl (C=S) groups is 4. The zero-order valence-electron chi connectivity index (χ0n) is 15.1. The molecular formula is C15H30OS9. The maximum absolute atomic E-state index is 5.26. The van der Waals surface area contributed by atoms with Crippen LogP contribution in [0.3, 0.4) is 0 Å². The highest BCUT2D eigenvalue weighted by Gasteiger charge is 2.03. The molecule has 0 aromatic rings. The molecule has 0 radical (unpaired) electrons. The highest BCUT2D eigenvalue weighted by Crippen LogP contribution is 2.34. The van der Waals surface area contributed by atoms with Gasteiger partial charge in [-0.1, -0.05) is 64.5 Å². The molecule has 10 heteroatoms. The summed E-state index contributed by atoms with van der Waals surface area (Å²) in [4.78, 5) is 0. The molecule has 0 aromatic heterocycles. The van der Waals surface area contributed by atoms with E-state index in [0.29, 0.717) is 0 Å². The highest BCUT2D eigenvalue weighted by molar-refractivity contribution is 8.96. The summed E-state index contributed by atoms with van der Waals surface area (Å²) in [5.41, 5.74) is 0. The van der Waals surface area contributed by atoms with E-state index in [2.05, 4.69) is 57.8 Å². The molecule has 0 aromatic carbocycles. The topological polar surface area (TPSA) is 31.5 Å². The number of hydrogen-bond donors (Lipinski definition) is 1. The standard InChI is InChI=1S/C10H18S6.C4H10S.CS2.H2O/c1-3-5-7-13-9(11)15-16-10(12)14-8-6-4-2;1-2-3-4-5;2-1-3;/h3-8H2,1-2H3;5H,2-4H2,1H3;;1H2. The molecule has 0 aliphatic carbocycles. The van der Waals surface area contributed by atoms with Gasteiger partial charge in [-0.05, 0) is 82.5 Å². The predicted molar refractivity (Wildman–Crippen MR) is 148 cm³/mol. The van der Waals surface area contributed by atoms with Crippen LogP contribution in [-0.4, -0.2) is 34.1 Å². The predicted octanol–water partition coefficient (Wildman–Crippen LogP) is 7.91. The molecule has 0 aliphatic heterocycles. The van der Waals surface area contributed by atoms with Crippen LogP contribution in [0.5, 0.6) is 0 Å². The quantitative estimate of drug-likeness (QED) is 0.151. The van der Waals surface area contributed by atoms with Crippen molar-refractivity contribution in [1.29, 1.82) is 0 Å². The van der Waals surface area contributed by atoms with Gasteiger partial charge in [-0.15, -0.1) is 23.5 Å². The smallest absolute Gasteiger partial charge is 0.115 e. The molecule has 0 bridgehead atoms. The van der Waals surface area contributed by atoms with Crippen molar-refractivity contribution in [3.8, 4) is 0 Å². The second-order valence-electron chi connectivity index (χ2n) is 4.23. The fraction of sp³-hybridized carbons (Fsp3) is 0.800. The Kier molecular flexibility index (Phi) is 46.6. The first-order chi connectivity index (χ1) is 11.5. The molecule has 150 valence electrons. The van der Waals surface area contributed by atoms with E-state index in [0.717, 1.165) is 24.3 Å². The van der Waals surface area contributed by atoms with Crippen molar-refractivity contribution in [3.05, 3.63) is 0 Å². The second-order valence-corrected chi connectivity index (χ2v) is 12.1. The van der Waals surface area contributed by atoms with Gasteiger partial charge in [-0.3, -0.25) is 0 Å². The second kappa shape index (κ2) is 33.7. The Morgan fingerprint density at radius 1 is 0.800 bits per heavy atom. The Hall–Kier alpha value is 2.11. The van der Waals surface area contributed by atoms with Gasteiger partial charge in [0.25, 0.3) is 0 Å². The van der Waals surface area contributed by atoms with Gasteiger partial charge in [0.2, 0.25) is 0 Å². The van der Waals surface area contributed by atoms with Crippen LogP contribution in [0.15, 0.2) is 0 Å². The minimum absolute atomic E-state index is 0. The Balaban J connectivity index is -0.000000206. The van der Waals surface area contributed by atoms with Crippen LogP contribution in [0.25, 0.3) is 0 Å². The van der Waals surface area contributed by atoms with Gasteiger partial charge >= 0.3 is 0 Å². The molecule has 0 aliphatic rings. The summed E-state index contributed by atoms with van der Waals surface area (Å²) in [7, 11) is 3.28. The van der Waals surface area contributed by atoms with E-state index >= 15 is 0 Å². The third kappa shape index (κ3) is 41.6. The van der Waals surface area contributed by atoms with E-state index in [4.69, 9.17) is 24.4 Å². The molecule has 0 unspecified atom stereocenters. The van der Waals surface area contributed by atoms with Crippen LogP contribution in [0.4, 0.5) is 0 Å². The van der Waals surface area contributed by atoms with Crippen molar-refractivity contribution in [3.63, 3.8) is 0 Å². The molecule has 0 saturated carbocycles. The minimum Gasteiger partial charge on any atom is -0.412 e. The fourth-order valence-corrected chi connectivity index (χ4v) is 6.41. The monoisotopic (exact) mass is 514 g/mol. The molecule has 0 saturated heterocycles. The SMILES string of the molecule is CCCCS.CCCCSC(=S)SSC(=S)SCCCC.O.S=C=S. The highest BCUT2D eigenvalue weighted by atomic mass is 33.1. The van der Waals surface area contributed by atoms with Gasteiger partial charge in [0.05, 0.1) is 0 Å². The van der Waals surface area contributed by atoms with E-state index in [1.807, 2.05) is 4.31 Å². The lowest BCUT2D eigenvalue weighted by molar-refractivity contribution is 0.824. The first kappa shape index (κ1) is 34.6. The van der Waals surface area contributed by atoms with Crippen LogP contribution < -0.4 is 0 Å². The van der Waals surface area contributed by atoms with Crippen molar-refractivity contribution in [2.45, 2.75) is 59.3 Å². The largest absolute Gasteiger partial charge is 0.412 e. The Bertz CT molecular complexity index is 294. The average molecular weight is 515 g/mol. The van der Waals surface area contributed by atoms with Gasteiger partial charge < -0.3 is 5.48 Å². The third-order valence-electron chi connectivity index (χ3n) is 2.13. The molecule has 25 heavy (non-hydrogen) atoms. The number of hydrogen-bond acceptors (Lipinski definition) is 9. The normalized spacial score (nSPS) is 8.64. The minimum atomic E-state index is 0. The zero-order chi connectivity index (χ0) is 19.1. The van der Waals surface area contributed by atoms with Crippen LogP contribution >= 0.6 is 107 Å². The van der Waals surface area contributed by atoms with E-state index in [9.17, 15) is 0 Å². The fourth-order valence-electron chi connectivity index (χ4n) is 0.874. The number of thioether (sulfide) groups is 2. The lowest BCUT2D eigenvalue weighted by Gasteiger charge is -2.03. The zero-order valence-corrected chi connectivity index (χ0v) is 22.5. The Morgan fingerprint density at radius 3 is 1.32 bits per heavy atom. The summed E-state index contributed by atoms with van der Waals surface area (Å²) in [6.45, 7) is 6.56. The van der Waals surface area contributed by atoms with Crippen molar-refractivity contribution in [2.24, 2.45) is 0 Å². The number of rotatable bonds is 8. The molecule has 1 nitrogen and oxygen atoms in total. The molecule has 0 atom stereocenters. The van der Waals surface area contributed by atoms with E-state index < -0.39 is 0 Å². The molecule has 0 heterocycles. The molecule has 2 N–H and O–H groups in total. The van der Waals surface area contributed by atoms with E-state index in [-0.39, 0.29) is 5.48 Å². The van der Waals surface area contributed by atoms with Crippen molar-refractivity contribution in [1.82, 2.24) is 0 Å². The average Bonchev–Trinajstić information content (AvgIpc) is 2.55. The molecular weight excluding hydrogens is 485 g/mol. The summed E-state index contributed by atoms with van der Waals surface area (Å²) in [6.07, 6.45) is 7.47. The summed E-state index contributed by atoms with van der Waals surface area (Å²) in [6, 6.07) is 0. The summed E-state index contributed by atoms with van der Waals surface area (Å²) < 4.78 is 3.94. The van der Waals surface area contributed by atoms with Crippen molar-refractivity contribution >= 4 is 118 Å². The van der Waals surface area contributed by atoms with Gasteiger partial charge in [0, 0.05) is 4.31 Å². The van der Waals surface area contributed by atoms with Crippen LogP contribution in [0.1, 0.15) is 59.3 Å². The first-order valence-corrected chi connectivity index (χ1v) is 14.2. The molecule has 0 fully saturated rings. The number of unbranched alkanes of at least 4 members (excludes halogenated alkanes) is 3. The van der Waals surface area contributed by atoms with E-state index in [1.165, 1.54) is 38.5 Å². The Labute approximate surface area is 198 Å². The molecule has 0 rings (SSSR count). The van der Waals surface area contributed by atoms with Gasteiger partial charge in [0.1, 0.15) is 7.06 Å². The van der Waals surface area contributed by atoms with Crippen molar-refractivity contribution in [2.75, 3.05) is 17.3 Å². The maximum atomic E-state index is 5.26. The lowest BCUT2D eigenvalue weighted by atomic mass is 10.4. The van der Waals surface area contributed by atoms with Gasteiger partial charge in [-0.2, -0.15) is 12.6 Å². The van der Waals surface area contributed by atoms with Gasteiger partial charge in [-0.25, -0.2) is 0 Å². The third-order valence-corrected chi connectivity index (χ3v) is 9.18. The van der Waals surface area contributed by atoms with Crippen LogP contribution in [-0.2, 0) is 0 Å². The molecule has 0 amide bonds. The van der Waals surface area contributed by atoms with Gasteiger partial charge in [0.15, 0.2) is 0 Å². The van der Waals surface area contributed by atoms with Crippen molar-refractivity contribution < 1.29 is 5.48 Å². The summed E-state index contributed by atoms with van der Waals surface area (Å²) >= 11 is 26.0. The van der Waals surface area contributed by atoms with Crippen LogP contribution in [0, 0.1) is 0 Å². The van der Waals surface area contributed by atoms with Crippen LogP contribution in [0.2, 0.25) is 0 Å². The number of thiol groups is 1. The Morgan fingerprint density at radius 2 is 1.12 bits per heavy atom. The summed E-state index contributed by atoms with van der Waals surface area (Å²) in [5.74, 6) is 3.31. The summed E-state index contributed by atoms with van der Waals surface area (Å²) in [5, 5.41) is 0. The first-order valence-electron chi connectivity index (χ1n) is 7.81. The maximum Gasteiger partial charge on any atom is 0.115 e. The lowest BCUT2D eigenvalue weighted by Crippen LogP contribution is -1.86. The molecule has 0 spiro atoms.